The highest BCUT2D eigenvalue weighted by atomic mass is 32.2. The molecule has 32 heavy (non-hydrogen) atoms. The topological polar surface area (TPSA) is 139 Å². The average molecular weight is 487 g/mol. The fraction of sp³-hybridized carbons (Fsp3) is 0.421. The lowest BCUT2D eigenvalue weighted by atomic mass is 10.1. The fourth-order valence-corrected chi connectivity index (χ4v) is 4.54. The van der Waals surface area contributed by atoms with Gasteiger partial charge in [-0.15, -0.1) is 0 Å². The van der Waals surface area contributed by atoms with Crippen LogP contribution >= 0.6 is 11.3 Å². The van der Waals surface area contributed by atoms with Gasteiger partial charge >= 0.3 is 0 Å². The normalized spacial score (nSPS) is 19.2. The average Bonchev–Trinajstić information content (AvgIpc) is 3.36. The van der Waals surface area contributed by atoms with Crippen molar-refractivity contribution in [1.29, 1.82) is 0 Å². The number of nitrogens with one attached hydrogen (secondary N) is 2. The van der Waals surface area contributed by atoms with Crippen LogP contribution in [0.3, 0.4) is 0 Å². The van der Waals surface area contributed by atoms with E-state index in [-0.39, 0.29) is 40.6 Å². The number of halogens is 1. The summed E-state index contributed by atoms with van der Waals surface area (Å²) in [6.07, 6.45) is 1.68. The molecule has 10 nitrogen and oxygen atoms in total. The molecule has 1 aromatic heterocycles. The molecule has 13 heteroatoms. The first-order chi connectivity index (χ1) is 15.3. The minimum absolute atomic E-state index is 0.000982. The zero-order valence-electron chi connectivity index (χ0n) is 17.2. The third kappa shape index (κ3) is 6.53. The van der Waals surface area contributed by atoms with Crippen molar-refractivity contribution in [3.05, 3.63) is 41.2 Å². The number of ether oxygens (including phenoxy) is 1. The van der Waals surface area contributed by atoms with Crippen LogP contribution in [0.25, 0.3) is 0 Å². The number of methoxy groups -OCH3 is 1. The number of thiazole rings is 1. The second kappa shape index (κ2) is 10.9. The molecule has 1 heterocycles. The first-order valence-corrected chi connectivity index (χ1v) is 12.0. The second-order valence-corrected chi connectivity index (χ2v) is 9.72. The Kier molecular flexibility index (Phi) is 8.26. The van der Waals surface area contributed by atoms with Crippen molar-refractivity contribution in [2.45, 2.75) is 36.4 Å². The maximum absolute atomic E-state index is 13.2. The lowest BCUT2D eigenvalue weighted by molar-refractivity contribution is -0.110. The molecular formula is C19H23FN4O6S2. The monoisotopic (exact) mass is 486 g/mol. The van der Waals surface area contributed by atoms with E-state index in [4.69, 9.17) is 9.57 Å². The number of carbonyl (C=O) groups excluding carboxylic acids is 1. The van der Waals surface area contributed by atoms with E-state index in [0.717, 1.165) is 6.20 Å². The van der Waals surface area contributed by atoms with Gasteiger partial charge in [0.15, 0.2) is 16.0 Å². The van der Waals surface area contributed by atoms with Crippen molar-refractivity contribution in [2.24, 2.45) is 5.16 Å². The Morgan fingerprint density at radius 3 is 2.69 bits per heavy atom. The van der Waals surface area contributed by atoms with Crippen molar-refractivity contribution in [1.82, 2.24) is 9.71 Å². The third-order valence-electron chi connectivity index (χ3n) is 4.60. The SMILES string of the molecule is COCCNS(=O)(=O)c1ccc(C(=NO[C@@H]2CC[C@@H](O)C2)C(=O)Nc2ncc(F)s2)cc1. The lowest BCUT2D eigenvalue weighted by Gasteiger charge is -2.11. The van der Waals surface area contributed by atoms with Crippen molar-refractivity contribution < 1.29 is 32.3 Å². The van der Waals surface area contributed by atoms with Crippen LogP contribution in [-0.4, -0.2) is 62.6 Å². The highest BCUT2D eigenvalue weighted by Gasteiger charge is 2.26. The van der Waals surface area contributed by atoms with Crippen LogP contribution in [0.15, 0.2) is 40.5 Å². The number of nitrogens with zero attached hydrogens (tertiary/aromatic N) is 2. The smallest absolute Gasteiger partial charge is 0.280 e. The zero-order valence-corrected chi connectivity index (χ0v) is 18.8. The minimum atomic E-state index is -3.75. The van der Waals surface area contributed by atoms with E-state index in [1.54, 1.807) is 0 Å². The maximum Gasteiger partial charge on any atom is 0.280 e. The van der Waals surface area contributed by atoms with E-state index in [1.807, 2.05) is 0 Å². The number of benzene rings is 1. The van der Waals surface area contributed by atoms with Crippen LogP contribution in [0.5, 0.6) is 0 Å². The quantitative estimate of drug-likeness (QED) is 0.263. The molecule has 1 saturated carbocycles. The summed E-state index contributed by atoms with van der Waals surface area (Å²) < 4.78 is 45.1. The van der Waals surface area contributed by atoms with E-state index in [0.29, 0.717) is 30.6 Å². The summed E-state index contributed by atoms with van der Waals surface area (Å²) in [5.41, 5.74) is 0.146. The molecule has 0 radical (unpaired) electrons. The van der Waals surface area contributed by atoms with Gasteiger partial charge in [0.05, 0.1) is 23.8 Å². The molecule has 0 saturated heterocycles. The van der Waals surface area contributed by atoms with Crippen LogP contribution < -0.4 is 10.0 Å². The third-order valence-corrected chi connectivity index (χ3v) is 6.78. The van der Waals surface area contributed by atoms with Crippen molar-refractivity contribution in [2.75, 3.05) is 25.6 Å². The second-order valence-electron chi connectivity index (χ2n) is 6.97. The molecule has 1 amide bonds. The van der Waals surface area contributed by atoms with Crippen LogP contribution in [-0.2, 0) is 24.4 Å². The van der Waals surface area contributed by atoms with Gasteiger partial charge in [0.1, 0.15) is 6.10 Å². The molecule has 0 spiro atoms. The predicted molar refractivity (Wildman–Crippen MR) is 115 cm³/mol. The molecule has 174 valence electrons. The van der Waals surface area contributed by atoms with Crippen molar-refractivity contribution >= 4 is 38.1 Å². The minimum Gasteiger partial charge on any atom is -0.393 e. The highest BCUT2D eigenvalue weighted by Crippen LogP contribution is 2.23. The molecule has 1 fully saturated rings. The number of hydrogen-bond donors (Lipinski definition) is 3. The Morgan fingerprint density at radius 1 is 1.34 bits per heavy atom. The van der Waals surface area contributed by atoms with Gasteiger partial charge in [-0.2, -0.15) is 4.39 Å². The Balaban J connectivity index is 1.81. The van der Waals surface area contributed by atoms with E-state index in [2.05, 4.69) is 20.2 Å². The fourth-order valence-electron chi connectivity index (χ4n) is 2.99. The molecule has 2 atom stereocenters. The summed E-state index contributed by atoms with van der Waals surface area (Å²) in [6.45, 7) is 0.333. The van der Waals surface area contributed by atoms with Gasteiger partial charge in [-0.3, -0.25) is 10.1 Å². The maximum atomic E-state index is 13.2. The van der Waals surface area contributed by atoms with Crippen LogP contribution in [0.2, 0.25) is 0 Å². The Labute approximate surface area is 188 Å². The van der Waals surface area contributed by atoms with Crippen LogP contribution in [0, 0.1) is 5.13 Å². The molecule has 0 unspecified atom stereocenters. The summed E-state index contributed by atoms with van der Waals surface area (Å²) >= 11 is 0.651. The predicted octanol–water partition coefficient (Wildman–Crippen LogP) is 1.48. The largest absolute Gasteiger partial charge is 0.393 e. The summed E-state index contributed by atoms with van der Waals surface area (Å²) in [5, 5.41) is 15.5. The van der Waals surface area contributed by atoms with E-state index >= 15 is 0 Å². The van der Waals surface area contributed by atoms with Gasteiger partial charge in [-0.25, -0.2) is 18.1 Å². The van der Waals surface area contributed by atoms with E-state index in [1.165, 1.54) is 31.4 Å². The summed E-state index contributed by atoms with van der Waals surface area (Å²) in [7, 11) is -2.29. The standard InChI is InChI=1S/C19H23FN4O6S2/c1-29-9-8-22-32(27,28)15-6-2-12(3-7-15)17(24-30-14-5-4-13(25)10-14)18(26)23-19-21-11-16(20)31-19/h2-3,6-7,11,13-14,22,25H,4-5,8-10H2,1H3,(H,21,23,26)/t13-,14-/m1/s1. The molecule has 0 bridgehead atoms. The van der Waals surface area contributed by atoms with Gasteiger partial charge in [0.25, 0.3) is 5.91 Å². The number of oxime groups is 1. The molecule has 1 aromatic carbocycles. The number of aliphatic hydroxyl groups is 1. The molecule has 2 aromatic rings. The molecule has 3 rings (SSSR count). The Bertz CT molecular complexity index is 1060. The van der Waals surface area contributed by atoms with Crippen LogP contribution in [0.1, 0.15) is 24.8 Å². The lowest BCUT2D eigenvalue weighted by Crippen LogP contribution is -2.27. The first kappa shape index (κ1) is 24.2. The summed E-state index contributed by atoms with van der Waals surface area (Å²) in [5.74, 6) is -0.702. The van der Waals surface area contributed by atoms with Gasteiger partial charge in [0, 0.05) is 25.6 Å². The summed E-state index contributed by atoms with van der Waals surface area (Å²) in [6, 6.07) is 5.49. The number of rotatable bonds is 10. The number of hydrogen-bond acceptors (Lipinski definition) is 9. The molecule has 1 aliphatic carbocycles. The van der Waals surface area contributed by atoms with Gasteiger partial charge in [0.2, 0.25) is 10.0 Å². The summed E-state index contributed by atoms with van der Waals surface area (Å²) in [4.78, 5) is 22.0. The Hall–Kier alpha value is -2.45. The van der Waals surface area contributed by atoms with Crippen molar-refractivity contribution in [3.8, 4) is 0 Å². The number of amides is 1. The first-order valence-electron chi connectivity index (χ1n) is 9.72. The van der Waals surface area contributed by atoms with Crippen LogP contribution in [0.4, 0.5) is 9.52 Å². The Morgan fingerprint density at radius 2 is 2.09 bits per heavy atom. The number of aromatic nitrogens is 1. The molecule has 0 aliphatic heterocycles. The van der Waals surface area contributed by atoms with E-state index in [9.17, 15) is 22.7 Å². The number of sulfonamides is 1. The van der Waals surface area contributed by atoms with Gasteiger partial charge in [-0.1, -0.05) is 28.6 Å². The molecule has 1 aliphatic rings. The molecule has 3 N–H and O–H groups in total. The van der Waals surface area contributed by atoms with E-state index < -0.39 is 27.2 Å². The zero-order chi connectivity index (χ0) is 23.1. The number of aliphatic hydroxyl groups excluding tert-OH is 1. The molecular weight excluding hydrogens is 463 g/mol. The highest BCUT2D eigenvalue weighted by molar-refractivity contribution is 7.89. The van der Waals surface area contributed by atoms with Crippen molar-refractivity contribution in [3.63, 3.8) is 0 Å². The van der Waals surface area contributed by atoms with Gasteiger partial charge in [-0.05, 0) is 25.0 Å². The van der Waals surface area contributed by atoms with Gasteiger partial charge < -0.3 is 14.7 Å². The number of anilines is 1. The number of carbonyl (C=O) groups is 1.